The Morgan fingerprint density at radius 3 is 2.08 bits per heavy atom. The quantitative estimate of drug-likeness (QED) is 0.532. The molecule has 1 aromatic heterocycles. The van der Waals surface area contributed by atoms with Gasteiger partial charge in [-0.1, -0.05) is 78.4 Å². The Bertz CT molecular complexity index is 1050. The van der Waals surface area contributed by atoms with E-state index in [9.17, 15) is 5.11 Å². The van der Waals surface area contributed by atoms with Gasteiger partial charge in [0.2, 0.25) is 5.88 Å². The molecule has 26 heavy (non-hydrogen) atoms. The van der Waals surface area contributed by atoms with E-state index in [2.05, 4.69) is 19.1 Å². The second-order valence-electron chi connectivity index (χ2n) is 6.48. The third-order valence-corrected chi connectivity index (χ3v) is 4.59. The number of nitrogens with zero attached hydrogens (tertiary/aromatic N) is 2. The van der Waals surface area contributed by atoms with Gasteiger partial charge < -0.3 is 5.11 Å². The Labute approximate surface area is 153 Å². The van der Waals surface area contributed by atoms with Crippen LogP contribution in [0.2, 0.25) is 0 Å². The van der Waals surface area contributed by atoms with Crippen LogP contribution in [0.5, 0.6) is 5.88 Å². The lowest BCUT2D eigenvalue weighted by Gasteiger charge is -2.07. The van der Waals surface area contributed by atoms with Gasteiger partial charge in [-0.25, -0.2) is 0 Å². The van der Waals surface area contributed by atoms with Crippen molar-refractivity contribution in [2.75, 3.05) is 0 Å². The number of benzene rings is 3. The van der Waals surface area contributed by atoms with Crippen molar-refractivity contribution in [1.29, 1.82) is 0 Å². The number of hydrogen-bond donors (Lipinski definition) is 1. The van der Waals surface area contributed by atoms with Gasteiger partial charge in [0.25, 0.3) is 0 Å². The average Bonchev–Trinajstić information content (AvgIpc) is 3.00. The van der Waals surface area contributed by atoms with Crippen molar-refractivity contribution in [2.24, 2.45) is 0 Å². The number of aryl methyl sites for hydroxylation is 2. The minimum atomic E-state index is 0.154. The first-order chi connectivity index (χ1) is 12.6. The van der Waals surface area contributed by atoms with Crippen molar-refractivity contribution in [3.05, 3.63) is 90.0 Å². The monoisotopic (exact) mass is 340 g/mol. The van der Waals surface area contributed by atoms with Gasteiger partial charge in [-0.2, -0.15) is 9.78 Å². The Kier molecular flexibility index (Phi) is 4.05. The normalized spacial score (nSPS) is 10.8. The van der Waals surface area contributed by atoms with E-state index in [1.54, 1.807) is 4.68 Å². The Morgan fingerprint density at radius 2 is 1.38 bits per heavy atom. The predicted octanol–water partition coefficient (Wildman–Crippen LogP) is 5.53. The van der Waals surface area contributed by atoms with Crippen LogP contribution in [0.25, 0.3) is 28.1 Å². The highest BCUT2D eigenvalue weighted by molar-refractivity contribution is 5.85. The van der Waals surface area contributed by atoms with Crippen molar-refractivity contribution in [2.45, 2.75) is 13.8 Å². The predicted molar refractivity (Wildman–Crippen MR) is 106 cm³/mol. The number of hydrogen-bond acceptors (Lipinski definition) is 2. The molecule has 1 N–H and O–H groups in total. The number of rotatable bonds is 3. The van der Waals surface area contributed by atoms with E-state index in [0.29, 0.717) is 0 Å². The van der Waals surface area contributed by atoms with E-state index in [0.717, 1.165) is 33.6 Å². The molecule has 1 heterocycles. The maximum Gasteiger partial charge on any atom is 0.222 e. The van der Waals surface area contributed by atoms with E-state index >= 15 is 0 Å². The molecule has 0 fully saturated rings. The summed E-state index contributed by atoms with van der Waals surface area (Å²) in [5.74, 6) is 0.154. The zero-order chi connectivity index (χ0) is 18.1. The molecule has 0 atom stereocenters. The molecule has 0 radical (unpaired) electrons. The standard InChI is InChI=1S/C23H20N2O/c1-16-12-14-19(15-13-16)22-21(18-9-4-3-5-10-18)23(26)25(24-22)20-11-7-6-8-17(20)2/h3-15,26H,1-2H3. The third-order valence-electron chi connectivity index (χ3n) is 4.59. The van der Waals surface area contributed by atoms with Gasteiger partial charge in [0.15, 0.2) is 0 Å². The van der Waals surface area contributed by atoms with Crippen LogP contribution in [0.3, 0.4) is 0 Å². The van der Waals surface area contributed by atoms with Gasteiger partial charge in [-0.3, -0.25) is 0 Å². The molecule has 0 aliphatic rings. The summed E-state index contributed by atoms with van der Waals surface area (Å²) in [4.78, 5) is 0. The fourth-order valence-electron chi connectivity index (χ4n) is 3.16. The minimum Gasteiger partial charge on any atom is -0.493 e. The van der Waals surface area contributed by atoms with E-state index in [1.807, 2.05) is 73.7 Å². The molecule has 0 spiro atoms. The molecular weight excluding hydrogens is 320 g/mol. The molecule has 0 aliphatic heterocycles. The van der Waals surface area contributed by atoms with Crippen LogP contribution in [0.1, 0.15) is 11.1 Å². The topological polar surface area (TPSA) is 38.0 Å². The van der Waals surface area contributed by atoms with Crippen molar-refractivity contribution >= 4 is 0 Å². The molecule has 4 aromatic rings. The lowest BCUT2D eigenvalue weighted by atomic mass is 10.0. The summed E-state index contributed by atoms with van der Waals surface area (Å²) < 4.78 is 1.63. The molecule has 3 aromatic carbocycles. The first-order valence-corrected chi connectivity index (χ1v) is 8.65. The third kappa shape index (κ3) is 2.78. The molecule has 0 bridgehead atoms. The molecule has 3 heteroatoms. The van der Waals surface area contributed by atoms with Crippen LogP contribution >= 0.6 is 0 Å². The molecule has 0 amide bonds. The highest BCUT2D eigenvalue weighted by Crippen LogP contribution is 2.40. The summed E-state index contributed by atoms with van der Waals surface area (Å²) in [6.07, 6.45) is 0. The number of aromatic nitrogens is 2. The van der Waals surface area contributed by atoms with E-state index < -0.39 is 0 Å². The van der Waals surface area contributed by atoms with Gasteiger partial charge in [0.1, 0.15) is 5.69 Å². The Morgan fingerprint density at radius 1 is 0.731 bits per heavy atom. The van der Waals surface area contributed by atoms with Crippen molar-refractivity contribution in [3.8, 4) is 34.0 Å². The maximum atomic E-state index is 11.1. The van der Waals surface area contributed by atoms with Crippen molar-refractivity contribution < 1.29 is 5.11 Å². The lowest BCUT2D eigenvalue weighted by molar-refractivity contribution is 0.435. The second-order valence-corrected chi connectivity index (χ2v) is 6.48. The highest BCUT2D eigenvalue weighted by atomic mass is 16.3. The summed E-state index contributed by atoms with van der Waals surface area (Å²) in [5, 5.41) is 15.8. The number of aromatic hydroxyl groups is 1. The van der Waals surface area contributed by atoms with E-state index in [1.165, 1.54) is 5.56 Å². The molecule has 0 unspecified atom stereocenters. The van der Waals surface area contributed by atoms with Gasteiger partial charge in [0.05, 0.1) is 11.3 Å². The molecule has 0 saturated carbocycles. The fraction of sp³-hybridized carbons (Fsp3) is 0.0870. The molecule has 0 aliphatic carbocycles. The zero-order valence-electron chi connectivity index (χ0n) is 14.8. The van der Waals surface area contributed by atoms with Gasteiger partial charge in [-0.15, -0.1) is 0 Å². The van der Waals surface area contributed by atoms with Crippen LogP contribution in [0.15, 0.2) is 78.9 Å². The van der Waals surface area contributed by atoms with Crippen LogP contribution in [0.4, 0.5) is 0 Å². The van der Waals surface area contributed by atoms with Gasteiger partial charge >= 0.3 is 0 Å². The minimum absolute atomic E-state index is 0.154. The summed E-state index contributed by atoms with van der Waals surface area (Å²) in [6, 6.07) is 26.1. The maximum absolute atomic E-state index is 11.1. The highest BCUT2D eigenvalue weighted by Gasteiger charge is 2.21. The molecular formula is C23H20N2O. The summed E-state index contributed by atoms with van der Waals surface area (Å²) in [7, 11) is 0. The van der Waals surface area contributed by atoms with E-state index in [4.69, 9.17) is 5.10 Å². The van der Waals surface area contributed by atoms with Crippen molar-refractivity contribution in [3.63, 3.8) is 0 Å². The lowest BCUT2D eigenvalue weighted by Crippen LogP contribution is -1.98. The number of para-hydroxylation sites is 1. The summed E-state index contributed by atoms with van der Waals surface area (Å²) in [5.41, 5.74) is 6.57. The largest absolute Gasteiger partial charge is 0.493 e. The molecule has 3 nitrogen and oxygen atoms in total. The molecule has 4 rings (SSSR count). The Hall–Kier alpha value is -3.33. The average molecular weight is 340 g/mol. The molecule has 0 saturated heterocycles. The van der Waals surface area contributed by atoms with Crippen LogP contribution in [-0.2, 0) is 0 Å². The SMILES string of the molecule is Cc1ccc(-c2nn(-c3ccccc3C)c(O)c2-c2ccccc2)cc1. The van der Waals surface area contributed by atoms with Crippen LogP contribution in [-0.4, -0.2) is 14.9 Å². The zero-order valence-corrected chi connectivity index (χ0v) is 14.8. The molecule has 128 valence electrons. The van der Waals surface area contributed by atoms with Gasteiger partial charge in [0, 0.05) is 5.56 Å². The van der Waals surface area contributed by atoms with Crippen LogP contribution < -0.4 is 0 Å². The fourth-order valence-corrected chi connectivity index (χ4v) is 3.16. The van der Waals surface area contributed by atoms with Crippen molar-refractivity contribution in [1.82, 2.24) is 9.78 Å². The first kappa shape index (κ1) is 16.2. The summed E-state index contributed by atoms with van der Waals surface area (Å²) in [6.45, 7) is 4.08. The Balaban J connectivity index is 1.99. The smallest absolute Gasteiger partial charge is 0.222 e. The first-order valence-electron chi connectivity index (χ1n) is 8.65. The van der Waals surface area contributed by atoms with Gasteiger partial charge in [-0.05, 0) is 31.0 Å². The van der Waals surface area contributed by atoms with E-state index in [-0.39, 0.29) is 5.88 Å². The summed E-state index contributed by atoms with van der Waals surface area (Å²) >= 11 is 0. The van der Waals surface area contributed by atoms with Crippen LogP contribution in [0, 0.1) is 13.8 Å². The second kappa shape index (κ2) is 6.52.